The van der Waals surface area contributed by atoms with Crippen molar-refractivity contribution in [3.63, 3.8) is 0 Å². The second kappa shape index (κ2) is 4.25. The van der Waals surface area contributed by atoms with E-state index in [2.05, 4.69) is 20.6 Å². The average molecular weight is 239 g/mol. The van der Waals surface area contributed by atoms with Gasteiger partial charge < -0.3 is 21.5 Å². The quantitative estimate of drug-likeness (QED) is 0.478. The molecule has 94 valence electrons. The van der Waals surface area contributed by atoms with Crippen molar-refractivity contribution in [3.05, 3.63) is 10.4 Å². The molecule has 17 heavy (non-hydrogen) atoms. The van der Waals surface area contributed by atoms with E-state index in [1.54, 1.807) is 0 Å². The predicted octanol–water partition coefficient (Wildman–Crippen LogP) is -0.425. The van der Waals surface area contributed by atoms with E-state index in [-0.39, 0.29) is 23.5 Å². The van der Waals surface area contributed by atoms with Crippen LogP contribution in [0.5, 0.6) is 0 Å². The first-order valence-corrected chi connectivity index (χ1v) is 5.57. The van der Waals surface area contributed by atoms with Gasteiger partial charge in [-0.05, 0) is 5.92 Å². The van der Waals surface area contributed by atoms with Crippen LogP contribution >= 0.6 is 0 Å². The lowest BCUT2D eigenvalue weighted by Crippen LogP contribution is -2.46. The zero-order valence-electron chi connectivity index (χ0n) is 9.82. The highest BCUT2D eigenvalue weighted by Gasteiger charge is 2.28. The molecule has 1 aromatic heterocycles. The Morgan fingerprint density at radius 2 is 2.24 bits per heavy atom. The summed E-state index contributed by atoms with van der Waals surface area (Å²) in [5.74, 6) is 0.612. The average Bonchev–Trinajstić information content (AvgIpc) is 2.27. The molecule has 0 saturated carbocycles. The van der Waals surface area contributed by atoms with Crippen molar-refractivity contribution in [2.45, 2.75) is 26.0 Å². The summed E-state index contributed by atoms with van der Waals surface area (Å²) in [6.07, 6.45) is -0.535. The van der Waals surface area contributed by atoms with Crippen LogP contribution in [-0.2, 0) is 0 Å². The van der Waals surface area contributed by atoms with Gasteiger partial charge in [-0.15, -0.1) is 0 Å². The number of aliphatic hydroxyl groups excluding tert-OH is 1. The number of rotatable bonds is 2. The third-order valence-corrected chi connectivity index (χ3v) is 2.85. The standard InChI is InChI=1S/C10H17N5O2/c1-4(2)7(16)5-3-12-8-6(13-5)9(17)15-10(11)14-8/h4-5,7,13,16H,3H2,1-2H3,(H4,11,12,14,15,17). The zero-order chi connectivity index (χ0) is 12.6. The van der Waals surface area contributed by atoms with Crippen molar-refractivity contribution in [1.82, 2.24) is 9.97 Å². The van der Waals surface area contributed by atoms with Crippen LogP contribution in [0.1, 0.15) is 13.8 Å². The van der Waals surface area contributed by atoms with Crippen molar-refractivity contribution in [2.75, 3.05) is 22.9 Å². The Hall–Kier alpha value is -1.76. The maximum atomic E-state index is 11.7. The molecule has 2 unspecified atom stereocenters. The summed E-state index contributed by atoms with van der Waals surface area (Å²) in [5.41, 5.74) is 5.44. The van der Waals surface area contributed by atoms with E-state index in [0.717, 1.165) is 0 Å². The van der Waals surface area contributed by atoms with Gasteiger partial charge >= 0.3 is 0 Å². The number of aromatic amines is 1. The molecule has 0 radical (unpaired) electrons. The molecule has 0 aliphatic carbocycles. The van der Waals surface area contributed by atoms with E-state index < -0.39 is 6.10 Å². The van der Waals surface area contributed by atoms with Crippen molar-refractivity contribution < 1.29 is 5.11 Å². The van der Waals surface area contributed by atoms with Crippen LogP contribution in [0.25, 0.3) is 0 Å². The molecule has 7 nitrogen and oxygen atoms in total. The van der Waals surface area contributed by atoms with Gasteiger partial charge in [0, 0.05) is 6.54 Å². The maximum absolute atomic E-state index is 11.7. The summed E-state index contributed by atoms with van der Waals surface area (Å²) in [4.78, 5) is 18.1. The summed E-state index contributed by atoms with van der Waals surface area (Å²) >= 11 is 0. The van der Waals surface area contributed by atoms with E-state index in [9.17, 15) is 9.90 Å². The molecular weight excluding hydrogens is 222 g/mol. The lowest BCUT2D eigenvalue weighted by molar-refractivity contribution is 0.108. The summed E-state index contributed by atoms with van der Waals surface area (Å²) in [6.45, 7) is 4.35. The highest BCUT2D eigenvalue weighted by Crippen LogP contribution is 2.22. The lowest BCUT2D eigenvalue weighted by Gasteiger charge is -2.32. The molecule has 1 aliphatic rings. The van der Waals surface area contributed by atoms with E-state index >= 15 is 0 Å². The minimum atomic E-state index is -0.535. The molecule has 0 amide bonds. The number of anilines is 3. The SMILES string of the molecule is CC(C)C(O)C1CNc2nc(N)[nH]c(=O)c2N1. The molecule has 2 rings (SSSR count). The van der Waals surface area contributed by atoms with Gasteiger partial charge in [-0.1, -0.05) is 13.8 Å². The number of hydrogen-bond donors (Lipinski definition) is 5. The number of aliphatic hydroxyl groups is 1. The van der Waals surface area contributed by atoms with Crippen molar-refractivity contribution >= 4 is 17.5 Å². The summed E-state index contributed by atoms with van der Waals surface area (Å²) in [6, 6.07) is -0.214. The minimum Gasteiger partial charge on any atom is -0.391 e. The molecule has 0 aromatic carbocycles. The van der Waals surface area contributed by atoms with E-state index in [0.29, 0.717) is 18.1 Å². The van der Waals surface area contributed by atoms with E-state index in [1.807, 2.05) is 13.8 Å². The van der Waals surface area contributed by atoms with Crippen LogP contribution < -0.4 is 21.9 Å². The molecule has 6 N–H and O–H groups in total. The summed E-state index contributed by atoms with van der Waals surface area (Å²) < 4.78 is 0. The molecule has 7 heteroatoms. The highest BCUT2D eigenvalue weighted by atomic mass is 16.3. The van der Waals surface area contributed by atoms with Crippen LogP contribution in [0.3, 0.4) is 0 Å². The number of H-pyrrole nitrogens is 1. The van der Waals surface area contributed by atoms with Crippen LogP contribution in [0.15, 0.2) is 4.79 Å². The fourth-order valence-corrected chi connectivity index (χ4v) is 1.87. The second-order valence-corrected chi connectivity index (χ2v) is 4.54. The van der Waals surface area contributed by atoms with Crippen LogP contribution in [-0.4, -0.2) is 33.8 Å². The molecular formula is C10H17N5O2. The third kappa shape index (κ3) is 2.19. The first-order valence-electron chi connectivity index (χ1n) is 5.57. The number of hydrogen-bond acceptors (Lipinski definition) is 6. The lowest BCUT2D eigenvalue weighted by atomic mass is 9.98. The van der Waals surface area contributed by atoms with Gasteiger partial charge in [0.25, 0.3) is 5.56 Å². The van der Waals surface area contributed by atoms with Gasteiger partial charge in [-0.2, -0.15) is 4.98 Å². The van der Waals surface area contributed by atoms with Gasteiger partial charge in [0.15, 0.2) is 5.82 Å². The van der Waals surface area contributed by atoms with Crippen LogP contribution in [0.4, 0.5) is 17.5 Å². The first kappa shape index (κ1) is 11.7. The molecule has 1 aromatic rings. The molecule has 1 aliphatic heterocycles. The molecule has 2 heterocycles. The largest absolute Gasteiger partial charge is 0.391 e. The van der Waals surface area contributed by atoms with Crippen molar-refractivity contribution in [3.8, 4) is 0 Å². The zero-order valence-corrected chi connectivity index (χ0v) is 9.82. The summed E-state index contributed by atoms with van der Waals surface area (Å²) in [7, 11) is 0. The minimum absolute atomic E-state index is 0.0749. The number of nitrogens with two attached hydrogens (primary N) is 1. The second-order valence-electron chi connectivity index (χ2n) is 4.54. The van der Waals surface area contributed by atoms with Gasteiger partial charge in [-0.3, -0.25) is 9.78 Å². The Balaban J connectivity index is 2.27. The molecule has 0 fully saturated rings. The van der Waals surface area contributed by atoms with Crippen molar-refractivity contribution in [1.29, 1.82) is 0 Å². The van der Waals surface area contributed by atoms with Crippen LogP contribution in [0, 0.1) is 5.92 Å². The Morgan fingerprint density at radius 3 is 2.88 bits per heavy atom. The Morgan fingerprint density at radius 1 is 1.53 bits per heavy atom. The Bertz CT molecular complexity index is 470. The maximum Gasteiger partial charge on any atom is 0.277 e. The number of fused-ring (bicyclic) bond motifs is 1. The fraction of sp³-hybridized carbons (Fsp3) is 0.600. The van der Waals surface area contributed by atoms with Gasteiger partial charge in [-0.25, -0.2) is 0 Å². The number of nitrogens with zero attached hydrogens (tertiary/aromatic N) is 1. The normalized spacial score (nSPS) is 20.4. The molecule has 0 bridgehead atoms. The Labute approximate surface area is 98.4 Å². The smallest absolute Gasteiger partial charge is 0.277 e. The van der Waals surface area contributed by atoms with E-state index in [1.165, 1.54) is 0 Å². The molecule has 0 spiro atoms. The first-order chi connectivity index (χ1) is 7.99. The van der Waals surface area contributed by atoms with Crippen molar-refractivity contribution in [2.24, 2.45) is 5.92 Å². The number of aromatic nitrogens is 2. The number of nitrogen functional groups attached to an aromatic ring is 1. The van der Waals surface area contributed by atoms with E-state index in [4.69, 9.17) is 5.73 Å². The Kier molecular flexibility index (Phi) is 2.93. The topological polar surface area (TPSA) is 116 Å². The molecule has 0 saturated heterocycles. The summed E-state index contributed by atoms with van der Waals surface area (Å²) in [5, 5.41) is 16.0. The van der Waals surface area contributed by atoms with Crippen LogP contribution in [0.2, 0.25) is 0 Å². The third-order valence-electron chi connectivity index (χ3n) is 2.85. The highest BCUT2D eigenvalue weighted by molar-refractivity contribution is 5.67. The van der Waals surface area contributed by atoms with Gasteiger partial charge in [0.2, 0.25) is 5.95 Å². The fourth-order valence-electron chi connectivity index (χ4n) is 1.87. The number of nitrogens with one attached hydrogen (secondary N) is 3. The van der Waals surface area contributed by atoms with Gasteiger partial charge in [0.1, 0.15) is 5.69 Å². The van der Waals surface area contributed by atoms with Gasteiger partial charge in [0.05, 0.1) is 12.1 Å². The monoisotopic (exact) mass is 239 g/mol. The predicted molar refractivity (Wildman–Crippen MR) is 66.0 cm³/mol. The molecule has 2 atom stereocenters.